The van der Waals surface area contributed by atoms with Gasteiger partial charge in [0.05, 0.1) is 18.4 Å². The van der Waals surface area contributed by atoms with E-state index in [1.807, 2.05) is 12.1 Å². The third-order valence-corrected chi connectivity index (χ3v) is 5.51. The van der Waals surface area contributed by atoms with E-state index in [0.717, 1.165) is 18.7 Å². The molecule has 6 heteroatoms. The van der Waals surface area contributed by atoms with Gasteiger partial charge >= 0.3 is 6.02 Å². The SMILES string of the molecule is BC12CCC(CC1)[C@@]1(CN(N)/C(=N\c3cccnc3)O1)C2. The summed E-state index contributed by atoms with van der Waals surface area (Å²) in [6, 6.07) is 4.32. The summed E-state index contributed by atoms with van der Waals surface area (Å²) < 4.78 is 6.33. The van der Waals surface area contributed by atoms with Gasteiger partial charge in [0, 0.05) is 12.1 Å². The van der Waals surface area contributed by atoms with Gasteiger partial charge in [-0.3, -0.25) is 9.99 Å². The molecule has 3 aliphatic carbocycles. The zero-order valence-corrected chi connectivity index (χ0v) is 12.5. The van der Waals surface area contributed by atoms with Crippen molar-refractivity contribution < 1.29 is 4.74 Å². The van der Waals surface area contributed by atoms with Crippen molar-refractivity contribution >= 4 is 19.6 Å². The Bertz CT molecular complexity index is 570. The number of pyridine rings is 1. The molecule has 1 spiro atoms. The van der Waals surface area contributed by atoms with E-state index in [9.17, 15) is 0 Å². The Morgan fingerprint density at radius 1 is 1.43 bits per heavy atom. The number of ether oxygens (including phenoxy) is 1. The van der Waals surface area contributed by atoms with Crippen LogP contribution in [0.15, 0.2) is 29.5 Å². The Balaban J connectivity index is 1.62. The summed E-state index contributed by atoms with van der Waals surface area (Å²) in [6.07, 6.45) is 9.72. The molecule has 1 aromatic rings. The molecule has 0 unspecified atom stereocenters. The third kappa shape index (κ3) is 2.13. The van der Waals surface area contributed by atoms with Crippen LogP contribution in [-0.4, -0.2) is 36.0 Å². The van der Waals surface area contributed by atoms with Crippen molar-refractivity contribution in [2.24, 2.45) is 16.8 Å². The van der Waals surface area contributed by atoms with E-state index in [1.165, 1.54) is 25.7 Å². The normalized spacial score (nSPS) is 40.0. The molecule has 2 heterocycles. The van der Waals surface area contributed by atoms with Crippen molar-refractivity contribution in [1.29, 1.82) is 0 Å². The van der Waals surface area contributed by atoms with Crippen LogP contribution in [0.2, 0.25) is 5.31 Å². The summed E-state index contributed by atoms with van der Waals surface area (Å²) in [6.45, 7) is 0.756. The van der Waals surface area contributed by atoms with E-state index in [2.05, 4.69) is 17.8 Å². The Hall–Kier alpha value is -1.56. The fraction of sp³-hybridized carbons (Fsp3) is 0.600. The smallest absolute Gasteiger partial charge is 0.308 e. The number of nitrogens with two attached hydrogens (primary N) is 1. The topological polar surface area (TPSA) is 63.7 Å². The van der Waals surface area contributed by atoms with Crippen molar-refractivity contribution in [2.45, 2.75) is 43.0 Å². The highest BCUT2D eigenvalue weighted by atomic mass is 16.5. The summed E-state index contributed by atoms with van der Waals surface area (Å²) in [5.41, 5.74) is 0.660. The van der Waals surface area contributed by atoms with Crippen LogP contribution in [0.3, 0.4) is 0 Å². The zero-order valence-electron chi connectivity index (χ0n) is 12.5. The molecular weight excluding hydrogens is 263 g/mol. The van der Waals surface area contributed by atoms with Gasteiger partial charge < -0.3 is 4.74 Å². The minimum atomic E-state index is -0.124. The van der Waals surface area contributed by atoms with Crippen molar-refractivity contribution in [2.75, 3.05) is 6.54 Å². The predicted octanol–water partition coefficient (Wildman–Crippen LogP) is 1.40. The minimum absolute atomic E-state index is 0.124. The lowest BCUT2D eigenvalue weighted by molar-refractivity contribution is -0.0583. The predicted molar refractivity (Wildman–Crippen MR) is 83.9 cm³/mol. The van der Waals surface area contributed by atoms with E-state index in [0.29, 0.717) is 17.3 Å². The second-order valence-electron chi connectivity index (χ2n) is 7.16. The number of nitrogens with zero attached hydrogens (tertiary/aromatic N) is 3. The van der Waals surface area contributed by atoms with Gasteiger partial charge in [0.2, 0.25) is 0 Å². The van der Waals surface area contributed by atoms with Gasteiger partial charge in [-0.15, -0.1) is 0 Å². The van der Waals surface area contributed by atoms with Crippen LogP contribution in [0.1, 0.15) is 32.1 Å². The number of hydrazine groups is 1. The van der Waals surface area contributed by atoms with Crippen LogP contribution in [-0.2, 0) is 4.74 Å². The van der Waals surface area contributed by atoms with Gasteiger partial charge in [0.1, 0.15) is 13.4 Å². The van der Waals surface area contributed by atoms with Crippen LogP contribution >= 0.6 is 0 Å². The van der Waals surface area contributed by atoms with Gasteiger partial charge in [0.25, 0.3) is 0 Å². The summed E-state index contributed by atoms with van der Waals surface area (Å²) in [4.78, 5) is 8.61. The molecule has 5 nitrogen and oxygen atoms in total. The minimum Gasteiger partial charge on any atom is -0.455 e. The van der Waals surface area contributed by atoms with Crippen LogP contribution in [0.25, 0.3) is 0 Å². The number of hydrogen-bond donors (Lipinski definition) is 1. The molecule has 1 saturated heterocycles. The van der Waals surface area contributed by atoms with Gasteiger partial charge in [-0.2, -0.15) is 4.99 Å². The highest BCUT2D eigenvalue weighted by Crippen LogP contribution is 2.60. The first-order valence-electron chi connectivity index (χ1n) is 7.79. The molecule has 110 valence electrons. The van der Waals surface area contributed by atoms with Gasteiger partial charge in [-0.05, 0) is 31.4 Å². The molecule has 1 aliphatic heterocycles. The average Bonchev–Trinajstić information content (AvgIpc) is 2.75. The molecule has 3 saturated carbocycles. The van der Waals surface area contributed by atoms with E-state index >= 15 is 0 Å². The Kier molecular flexibility index (Phi) is 2.79. The van der Waals surface area contributed by atoms with E-state index in [1.54, 1.807) is 17.4 Å². The zero-order chi connectivity index (χ0) is 14.5. The highest BCUT2D eigenvalue weighted by Gasteiger charge is 2.58. The number of hydrogen-bond acceptors (Lipinski definition) is 4. The molecule has 0 aromatic carbocycles. The highest BCUT2D eigenvalue weighted by molar-refractivity contribution is 6.15. The molecular formula is C15H21BN4O. The fourth-order valence-corrected chi connectivity index (χ4v) is 4.43. The lowest BCUT2D eigenvalue weighted by Gasteiger charge is -2.53. The number of aromatic nitrogens is 1. The van der Waals surface area contributed by atoms with E-state index < -0.39 is 0 Å². The summed E-state index contributed by atoms with van der Waals surface area (Å²) in [5, 5.41) is 2.09. The first-order valence-corrected chi connectivity index (χ1v) is 7.79. The number of amidine groups is 1. The molecule has 4 aliphatic rings. The molecule has 21 heavy (non-hydrogen) atoms. The Morgan fingerprint density at radius 3 is 2.90 bits per heavy atom. The van der Waals surface area contributed by atoms with E-state index in [-0.39, 0.29) is 5.60 Å². The standard InChI is InChI=1S/C15H21BN4O/c16-14-5-3-11(4-6-14)15(9-14)10-20(17)13(21-15)19-12-2-1-7-18-8-12/h1-2,7-8,11H,3-6,9-10,16-17H2/b19-13+/t11?,14?,15-/m0/s1. The quantitative estimate of drug-likeness (QED) is 0.625. The van der Waals surface area contributed by atoms with Crippen molar-refractivity contribution in [3.63, 3.8) is 0 Å². The first kappa shape index (κ1) is 13.1. The maximum absolute atomic E-state index is 6.33. The lowest BCUT2D eigenvalue weighted by Crippen LogP contribution is -2.52. The second-order valence-corrected chi connectivity index (χ2v) is 7.16. The first-order chi connectivity index (χ1) is 10.1. The average molecular weight is 284 g/mol. The molecule has 1 atom stereocenters. The Morgan fingerprint density at radius 2 is 2.24 bits per heavy atom. The van der Waals surface area contributed by atoms with Crippen LogP contribution < -0.4 is 5.84 Å². The van der Waals surface area contributed by atoms with Gasteiger partial charge in [0.15, 0.2) is 0 Å². The molecule has 1 aromatic heterocycles. The van der Waals surface area contributed by atoms with Gasteiger partial charge in [-0.1, -0.05) is 18.2 Å². The third-order valence-electron chi connectivity index (χ3n) is 5.51. The molecule has 2 N–H and O–H groups in total. The summed E-state index contributed by atoms with van der Waals surface area (Å²) in [5.74, 6) is 6.78. The maximum Gasteiger partial charge on any atom is 0.308 e. The number of rotatable bonds is 1. The maximum atomic E-state index is 6.33. The second kappa shape index (κ2) is 4.47. The Labute approximate surface area is 126 Å². The van der Waals surface area contributed by atoms with Gasteiger partial charge in [-0.25, -0.2) is 5.84 Å². The number of fused-ring (bicyclic) bond motifs is 2. The van der Waals surface area contributed by atoms with Crippen molar-refractivity contribution in [1.82, 2.24) is 9.99 Å². The van der Waals surface area contributed by atoms with Crippen molar-refractivity contribution in [3.05, 3.63) is 24.5 Å². The summed E-state index contributed by atoms with van der Waals surface area (Å²) >= 11 is 0. The summed E-state index contributed by atoms with van der Waals surface area (Å²) in [7, 11) is 2.39. The molecule has 0 amide bonds. The van der Waals surface area contributed by atoms with Crippen LogP contribution in [0.4, 0.5) is 5.69 Å². The van der Waals surface area contributed by atoms with Crippen molar-refractivity contribution in [3.8, 4) is 0 Å². The largest absolute Gasteiger partial charge is 0.455 e. The molecule has 5 rings (SSSR count). The van der Waals surface area contributed by atoms with Crippen LogP contribution in [0, 0.1) is 5.92 Å². The monoisotopic (exact) mass is 284 g/mol. The molecule has 2 bridgehead atoms. The lowest BCUT2D eigenvalue weighted by atomic mass is 9.47. The molecule has 0 radical (unpaired) electrons. The van der Waals surface area contributed by atoms with Crippen LogP contribution in [0.5, 0.6) is 0 Å². The fourth-order valence-electron chi connectivity index (χ4n) is 4.43. The molecule has 4 fully saturated rings. The van der Waals surface area contributed by atoms with E-state index in [4.69, 9.17) is 10.6 Å². The number of aliphatic imine (C=N–C) groups is 1.